The largest absolute Gasteiger partial charge is 0.361 e. The summed E-state index contributed by atoms with van der Waals surface area (Å²) in [4.78, 5) is 21.9. The molecule has 0 aromatic heterocycles. The van der Waals surface area contributed by atoms with Gasteiger partial charge in [-0.2, -0.15) is 0 Å². The minimum absolute atomic E-state index is 0.0310. The number of carbonyl (C=O) groups is 2. The van der Waals surface area contributed by atoms with Gasteiger partial charge in [0.1, 0.15) is 0 Å². The lowest BCUT2D eigenvalue weighted by Crippen LogP contribution is -2.45. The van der Waals surface area contributed by atoms with Gasteiger partial charge >= 0.3 is 11.8 Å². The summed E-state index contributed by atoms with van der Waals surface area (Å²) in [6.45, 7) is 0. The Bertz CT molecular complexity index is 441. The molecule has 1 aromatic carbocycles. The number of carbonyl (C=O) groups excluding carboxylic acids is 2. The Hall–Kier alpha value is -1.01. The van der Waals surface area contributed by atoms with E-state index in [1.807, 2.05) is 0 Å². The van der Waals surface area contributed by atoms with E-state index in [0.717, 1.165) is 0 Å². The number of nitrogens with zero attached hydrogens (tertiary/aromatic N) is 1. The second-order valence-corrected chi connectivity index (χ2v) is 4.01. The van der Waals surface area contributed by atoms with Crippen LogP contribution in [0.25, 0.3) is 0 Å². The van der Waals surface area contributed by atoms with Crippen LogP contribution in [0.1, 0.15) is 0 Å². The lowest BCUT2D eigenvalue weighted by atomic mass is 10.3. The zero-order chi connectivity index (χ0) is 12.5. The van der Waals surface area contributed by atoms with Gasteiger partial charge in [0.15, 0.2) is 0 Å². The second-order valence-electron chi connectivity index (χ2n) is 2.76. The van der Waals surface area contributed by atoms with E-state index in [4.69, 9.17) is 46.4 Å². The normalized spacial score (nSPS) is 10.0. The Kier molecular flexibility index (Phi) is 3.98. The van der Waals surface area contributed by atoms with Crippen molar-refractivity contribution < 1.29 is 9.59 Å². The zero-order valence-corrected chi connectivity index (χ0v) is 9.97. The molecule has 1 aromatic rings. The maximum absolute atomic E-state index is 11.2. The monoisotopic (exact) mass is 281 g/mol. The highest BCUT2D eigenvalue weighted by Gasteiger charge is 2.22. The number of benzene rings is 1. The summed E-state index contributed by atoms with van der Waals surface area (Å²) in [5.74, 6) is 3.01. The molecule has 2 amide bonds. The third kappa shape index (κ3) is 2.56. The maximum Gasteiger partial charge on any atom is 0.330 e. The molecule has 8 heteroatoms. The first-order valence-electron chi connectivity index (χ1n) is 3.87. The van der Waals surface area contributed by atoms with E-state index in [1.165, 1.54) is 12.1 Å². The summed E-state index contributed by atoms with van der Waals surface area (Å²) in [5.41, 5.74) is 4.75. The molecule has 0 radical (unpaired) electrons. The van der Waals surface area contributed by atoms with E-state index < -0.39 is 11.8 Å². The van der Waals surface area contributed by atoms with Gasteiger partial charge < -0.3 is 5.73 Å². The van der Waals surface area contributed by atoms with Crippen molar-refractivity contribution in [3.63, 3.8) is 0 Å². The average Bonchev–Trinajstić information content (AvgIpc) is 2.14. The predicted molar refractivity (Wildman–Crippen MR) is 62.3 cm³/mol. The summed E-state index contributed by atoms with van der Waals surface area (Å²) < 4.78 is 0. The van der Waals surface area contributed by atoms with Crippen LogP contribution in [0.4, 0.5) is 5.69 Å². The first-order valence-corrected chi connectivity index (χ1v) is 5.01. The van der Waals surface area contributed by atoms with Crippen LogP contribution in [0.3, 0.4) is 0 Å². The van der Waals surface area contributed by atoms with Crippen LogP contribution in [0.5, 0.6) is 0 Å². The van der Waals surface area contributed by atoms with Gasteiger partial charge in [-0.1, -0.05) is 34.8 Å². The van der Waals surface area contributed by atoms with Crippen molar-refractivity contribution in [2.45, 2.75) is 0 Å². The van der Waals surface area contributed by atoms with Crippen LogP contribution < -0.4 is 16.6 Å². The van der Waals surface area contributed by atoms with Crippen LogP contribution >= 0.6 is 34.8 Å². The fourth-order valence-electron chi connectivity index (χ4n) is 0.985. The topological polar surface area (TPSA) is 89.4 Å². The summed E-state index contributed by atoms with van der Waals surface area (Å²) in [6.07, 6.45) is 0. The minimum Gasteiger partial charge on any atom is -0.361 e. The molecule has 0 saturated heterocycles. The van der Waals surface area contributed by atoms with E-state index in [0.29, 0.717) is 5.01 Å². The fraction of sp³-hybridized carbons (Fsp3) is 0. The van der Waals surface area contributed by atoms with E-state index in [1.54, 1.807) is 0 Å². The molecule has 0 atom stereocenters. The molecule has 0 aliphatic rings. The number of hydrazine groups is 1. The number of nitrogens with two attached hydrogens (primary N) is 2. The Morgan fingerprint density at radius 2 is 1.56 bits per heavy atom. The molecule has 0 bridgehead atoms. The first kappa shape index (κ1) is 13.1. The van der Waals surface area contributed by atoms with E-state index >= 15 is 0 Å². The molecule has 5 nitrogen and oxygen atoms in total. The molecule has 0 unspecified atom stereocenters. The van der Waals surface area contributed by atoms with Gasteiger partial charge in [0, 0.05) is 5.02 Å². The number of hydrogen-bond acceptors (Lipinski definition) is 3. The van der Waals surface area contributed by atoms with E-state index in [-0.39, 0.29) is 20.8 Å². The van der Waals surface area contributed by atoms with Gasteiger partial charge in [-0.05, 0) is 12.1 Å². The van der Waals surface area contributed by atoms with Crippen molar-refractivity contribution in [1.82, 2.24) is 0 Å². The number of primary amides is 1. The smallest absolute Gasteiger partial charge is 0.330 e. The first-order chi connectivity index (χ1) is 7.34. The molecule has 0 saturated carbocycles. The van der Waals surface area contributed by atoms with E-state index in [2.05, 4.69) is 0 Å². The lowest BCUT2D eigenvalue weighted by Gasteiger charge is -2.17. The third-order valence-corrected chi connectivity index (χ3v) is 2.45. The van der Waals surface area contributed by atoms with Gasteiger partial charge in [0.25, 0.3) is 0 Å². The molecule has 0 heterocycles. The number of amides is 2. The van der Waals surface area contributed by atoms with Crippen molar-refractivity contribution in [3.8, 4) is 0 Å². The van der Waals surface area contributed by atoms with Crippen molar-refractivity contribution in [1.29, 1.82) is 0 Å². The van der Waals surface area contributed by atoms with Gasteiger partial charge in [-0.3, -0.25) is 9.59 Å². The van der Waals surface area contributed by atoms with Gasteiger partial charge in [0.2, 0.25) is 0 Å². The summed E-state index contributed by atoms with van der Waals surface area (Å²) >= 11 is 17.2. The Morgan fingerprint density at radius 1 is 1.12 bits per heavy atom. The van der Waals surface area contributed by atoms with E-state index in [9.17, 15) is 9.59 Å². The average molecular weight is 283 g/mol. The molecular formula is C8H6Cl3N3O2. The Morgan fingerprint density at radius 3 is 1.94 bits per heavy atom. The number of rotatable bonds is 1. The third-order valence-electron chi connectivity index (χ3n) is 1.65. The SMILES string of the molecule is NC(=O)C(=O)N(N)c1c(Cl)cc(Cl)cc1Cl. The van der Waals surface area contributed by atoms with Crippen LogP contribution in [0.2, 0.25) is 15.1 Å². The standard InChI is InChI=1S/C8H6Cl3N3O2/c9-3-1-4(10)6(5(11)2-3)14(13)8(16)7(12)15/h1-2H,13H2,(H2,12,15). The summed E-state index contributed by atoms with van der Waals surface area (Å²) in [5, 5.41) is 0.825. The number of anilines is 1. The number of halogens is 3. The highest BCUT2D eigenvalue weighted by atomic mass is 35.5. The highest BCUT2D eigenvalue weighted by molar-refractivity contribution is 6.45. The molecule has 16 heavy (non-hydrogen) atoms. The number of hydrogen-bond donors (Lipinski definition) is 2. The van der Waals surface area contributed by atoms with Gasteiger partial charge in [0.05, 0.1) is 15.7 Å². The molecule has 0 spiro atoms. The van der Waals surface area contributed by atoms with Gasteiger partial charge in [-0.15, -0.1) is 0 Å². The minimum atomic E-state index is -1.22. The predicted octanol–water partition coefficient (Wildman–Crippen LogP) is 1.34. The Labute approximate surface area is 106 Å². The molecule has 86 valence electrons. The molecule has 0 aliphatic carbocycles. The molecular weight excluding hydrogens is 276 g/mol. The highest BCUT2D eigenvalue weighted by Crippen LogP contribution is 2.35. The zero-order valence-electron chi connectivity index (χ0n) is 7.71. The lowest BCUT2D eigenvalue weighted by molar-refractivity contribution is -0.135. The molecule has 0 aliphatic heterocycles. The van der Waals surface area contributed by atoms with Crippen molar-refractivity contribution in [2.24, 2.45) is 11.6 Å². The second kappa shape index (κ2) is 4.88. The molecule has 4 N–H and O–H groups in total. The summed E-state index contributed by atoms with van der Waals surface area (Å²) in [7, 11) is 0. The van der Waals surface area contributed by atoms with Crippen molar-refractivity contribution in [3.05, 3.63) is 27.2 Å². The molecule has 1 rings (SSSR count). The molecule has 0 fully saturated rings. The van der Waals surface area contributed by atoms with Crippen LogP contribution in [0.15, 0.2) is 12.1 Å². The van der Waals surface area contributed by atoms with Crippen molar-refractivity contribution in [2.75, 3.05) is 5.01 Å². The fourth-order valence-corrected chi connectivity index (χ4v) is 1.98. The van der Waals surface area contributed by atoms with Crippen LogP contribution in [0, 0.1) is 0 Å². The summed E-state index contributed by atoms with van der Waals surface area (Å²) in [6, 6.07) is 2.66. The quantitative estimate of drug-likeness (QED) is 0.352. The van der Waals surface area contributed by atoms with Crippen LogP contribution in [-0.4, -0.2) is 11.8 Å². The van der Waals surface area contributed by atoms with Gasteiger partial charge in [-0.25, -0.2) is 10.9 Å². The van der Waals surface area contributed by atoms with Crippen molar-refractivity contribution >= 4 is 52.3 Å². The Balaban J connectivity index is 3.23. The maximum atomic E-state index is 11.2. The van der Waals surface area contributed by atoms with Crippen LogP contribution in [-0.2, 0) is 9.59 Å².